The van der Waals surface area contributed by atoms with Gasteiger partial charge in [-0.25, -0.2) is 0 Å². The molecule has 7 heteroatoms. The monoisotopic (exact) mass is 390 g/mol. The van der Waals surface area contributed by atoms with E-state index in [2.05, 4.69) is 26.2 Å². The standard InChI is InChI=1S/C21H15FN4OS/c1-27-13-7-12(10-23-11-13)17-9-19(26-25-17)18-8-15-14(3-2-4-16(15)24-18)20-5-6-21(22)28-20/h2-11,24H,1H3,(H,25,26). The lowest BCUT2D eigenvalue weighted by Gasteiger charge is -2.00. The van der Waals surface area contributed by atoms with Gasteiger partial charge in [0.05, 0.1) is 30.4 Å². The van der Waals surface area contributed by atoms with Crippen molar-refractivity contribution in [3.05, 3.63) is 66.1 Å². The van der Waals surface area contributed by atoms with E-state index in [9.17, 15) is 4.39 Å². The molecule has 5 nitrogen and oxygen atoms in total. The van der Waals surface area contributed by atoms with E-state index in [1.54, 1.807) is 19.5 Å². The summed E-state index contributed by atoms with van der Waals surface area (Å²) in [5, 5.41) is 8.33. The lowest BCUT2D eigenvalue weighted by atomic mass is 10.1. The fourth-order valence-corrected chi connectivity index (χ4v) is 4.02. The molecule has 4 aromatic heterocycles. The minimum Gasteiger partial charge on any atom is -0.495 e. The van der Waals surface area contributed by atoms with Crippen LogP contribution < -0.4 is 4.74 Å². The van der Waals surface area contributed by atoms with Crippen molar-refractivity contribution in [2.75, 3.05) is 7.11 Å². The molecule has 28 heavy (non-hydrogen) atoms. The summed E-state index contributed by atoms with van der Waals surface area (Å²) in [6.07, 6.45) is 3.40. The van der Waals surface area contributed by atoms with E-state index in [0.29, 0.717) is 5.75 Å². The molecule has 0 spiro atoms. The summed E-state index contributed by atoms with van der Waals surface area (Å²) in [6.45, 7) is 0. The summed E-state index contributed by atoms with van der Waals surface area (Å²) in [7, 11) is 1.61. The van der Waals surface area contributed by atoms with Crippen molar-refractivity contribution in [3.63, 3.8) is 0 Å². The molecule has 5 rings (SSSR count). The maximum Gasteiger partial charge on any atom is 0.176 e. The topological polar surface area (TPSA) is 66.6 Å². The van der Waals surface area contributed by atoms with Crippen LogP contribution in [0.25, 0.3) is 44.0 Å². The number of methoxy groups -OCH3 is 1. The molecule has 5 aromatic rings. The number of ether oxygens (including phenoxy) is 1. The molecule has 1 aromatic carbocycles. The van der Waals surface area contributed by atoms with Gasteiger partial charge < -0.3 is 9.72 Å². The summed E-state index contributed by atoms with van der Waals surface area (Å²) in [4.78, 5) is 8.50. The molecule has 0 saturated carbocycles. The minimum atomic E-state index is -0.187. The quantitative estimate of drug-likeness (QED) is 0.426. The van der Waals surface area contributed by atoms with Crippen molar-refractivity contribution >= 4 is 22.2 Å². The molecule has 0 radical (unpaired) electrons. The first-order valence-electron chi connectivity index (χ1n) is 8.64. The number of nitrogens with one attached hydrogen (secondary N) is 2. The van der Waals surface area contributed by atoms with Gasteiger partial charge in [-0.3, -0.25) is 10.1 Å². The van der Waals surface area contributed by atoms with E-state index >= 15 is 0 Å². The predicted molar refractivity (Wildman–Crippen MR) is 109 cm³/mol. The number of fused-ring (bicyclic) bond motifs is 1. The van der Waals surface area contributed by atoms with Crippen LogP contribution in [-0.2, 0) is 0 Å². The Balaban J connectivity index is 1.56. The Morgan fingerprint density at radius 3 is 2.79 bits per heavy atom. The summed E-state index contributed by atoms with van der Waals surface area (Å²) in [5.41, 5.74) is 5.41. The highest BCUT2D eigenvalue weighted by molar-refractivity contribution is 7.14. The lowest BCUT2D eigenvalue weighted by molar-refractivity contribution is 0.413. The Kier molecular flexibility index (Phi) is 3.95. The molecule has 0 amide bonds. The number of nitrogens with zero attached hydrogens (tertiary/aromatic N) is 2. The summed E-state index contributed by atoms with van der Waals surface area (Å²) >= 11 is 1.15. The van der Waals surface area contributed by atoms with Gasteiger partial charge in [-0.1, -0.05) is 12.1 Å². The molecule has 0 aliphatic carbocycles. The fraction of sp³-hybridized carbons (Fsp3) is 0.0476. The van der Waals surface area contributed by atoms with Gasteiger partial charge >= 0.3 is 0 Å². The summed E-state index contributed by atoms with van der Waals surface area (Å²) < 4.78 is 18.7. The van der Waals surface area contributed by atoms with Crippen molar-refractivity contribution in [2.24, 2.45) is 0 Å². The van der Waals surface area contributed by atoms with Crippen LogP contribution >= 0.6 is 11.3 Å². The zero-order valence-corrected chi connectivity index (χ0v) is 15.7. The normalized spacial score (nSPS) is 11.2. The zero-order chi connectivity index (χ0) is 19.1. The molecule has 0 bridgehead atoms. The Morgan fingerprint density at radius 2 is 1.96 bits per heavy atom. The second-order valence-corrected chi connectivity index (χ2v) is 7.37. The van der Waals surface area contributed by atoms with E-state index in [1.807, 2.05) is 36.4 Å². The van der Waals surface area contributed by atoms with Gasteiger partial charge in [-0.05, 0) is 36.4 Å². The number of pyridine rings is 1. The number of aromatic amines is 2. The molecule has 0 unspecified atom stereocenters. The van der Waals surface area contributed by atoms with Crippen LogP contribution in [0.5, 0.6) is 5.75 Å². The number of H-pyrrole nitrogens is 2. The Morgan fingerprint density at radius 1 is 1.04 bits per heavy atom. The summed E-state index contributed by atoms with van der Waals surface area (Å²) in [5.74, 6) is 0.681. The van der Waals surface area contributed by atoms with Crippen LogP contribution in [0.4, 0.5) is 4.39 Å². The molecular formula is C21H15FN4OS. The van der Waals surface area contributed by atoms with Crippen LogP contribution in [0.3, 0.4) is 0 Å². The molecule has 0 fully saturated rings. The van der Waals surface area contributed by atoms with Gasteiger partial charge in [0, 0.05) is 33.1 Å². The first-order valence-corrected chi connectivity index (χ1v) is 9.45. The highest BCUT2D eigenvalue weighted by atomic mass is 32.1. The number of rotatable bonds is 4. The summed E-state index contributed by atoms with van der Waals surface area (Å²) in [6, 6.07) is 15.2. The van der Waals surface area contributed by atoms with Crippen molar-refractivity contribution in [1.29, 1.82) is 0 Å². The lowest BCUT2D eigenvalue weighted by Crippen LogP contribution is -1.86. The number of hydrogen-bond acceptors (Lipinski definition) is 4. The zero-order valence-electron chi connectivity index (χ0n) is 14.9. The molecule has 0 aliphatic heterocycles. The van der Waals surface area contributed by atoms with E-state index in [4.69, 9.17) is 4.74 Å². The third-order valence-electron chi connectivity index (χ3n) is 4.62. The molecule has 138 valence electrons. The molecular weight excluding hydrogens is 375 g/mol. The maximum absolute atomic E-state index is 13.5. The van der Waals surface area contributed by atoms with Crippen molar-refractivity contribution < 1.29 is 9.13 Å². The second kappa shape index (κ2) is 6.61. The number of hydrogen-bond donors (Lipinski definition) is 2. The van der Waals surface area contributed by atoms with Gasteiger partial charge in [0.15, 0.2) is 5.13 Å². The van der Waals surface area contributed by atoms with Crippen molar-refractivity contribution in [2.45, 2.75) is 0 Å². The molecule has 4 heterocycles. The maximum atomic E-state index is 13.5. The minimum absolute atomic E-state index is 0.187. The number of thiophene rings is 1. The predicted octanol–water partition coefficient (Wildman–Crippen LogP) is 5.50. The van der Waals surface area contributed by atoms with Crippen LogP contribution in [0.15, 0.2) is 60.9 Å². The van der Waals surface area contributed by atoms with Crippen molar-refractivity contribution in [3.8, 4) is 38.8 Å². The largest absolute Gasteiger partial charge is 0.495 e. The van der Waals surface area contributed by atoms with Crippen LogP contribution in [0.1, 0.15) is 0 Å². The van der Waals surface area contributed by atoms with E-state index in [0.717, 1.165) is 55.3 Å². The number of halogens is 1. The highest BCUT2D eigenvalue weighted by Crippen LogP contribution is 2.35. The van der Waals surface area contributed by atoms with Crippen LogP contribution in [0, 0.1) is 5.13 Å². The number of benzene rings is 1. The van der Waals surface area contributed by atoms with E-state index in [1.165, 1.54) is 6.07 Å². The van der Waals surface area contributed by atoms with Crippen LogP contribution in [-0.4, -0.2) is 27.3 Å². The third-order valence-corrected chi connectivity index (χ3v) is 5.52. The first kappa shape index (κ1) is 16.7. The van der Waals surface area contributed by atoms with Gasteiger partial charge in [-0.15, -0.1) is 11.3 Å². The fourth-order valence-electron chi connectivity index (χ4n) is 3.25. The third kappa shape index (κ3) is 2.86. The van der Waals surface area contributed by atoms with Crippen LogP contribution in [0.2, 0.25) is 0 Å². The molecule has 0 atom stereocenters. The van der Waals surface area contributed by atoms with Gasteiger partial charge in [0.2, 0.25) is 0 Å². The Hall–Kier alpha value is -3.45. The molecule has 0 aliphatic rings. The first-order chi connectivity index (χ1) is 13.7. The van der Waals surface area contributed by atoms with Gasteiger partial charge in [0.1, 0.15) is 5.75 Å². The van der Waals surface area contributed by atoms with Gasteiger partial charge in [-0.2, -0.15) is 9.49 Å². The average molecular weight is 390 g/mol. The highest BCUT2D eigenvalue weighted by Gasteiger charge is 2.13. The Labute approximate surface area is 163 Å². The number of aromatic nitrogens is 4. The average Bonchev–Trinajstić information content (AvgIpc) is 3.46. The smallest absolute Gasteiger partial charge is 0.176 e. The van der Waals surface area contributed by atoms with E-state index in [-0.39, 0.29) is 5.13 Å². The molecule has 2 N–H and O–H groups in total. The van der Waals surface area contributed by atoms with E-state index < -0.39 is 0 Å². The second-order valence-electron chi connectivity index (χ2n) is 6.33. The van der Waals surface area contributed by atoms with Crippen molar-refractivity contribution in [1.82, 2.24) is 20.2 Å². The van der Waals surface area contributed by atoms with Gasteiger partial charge in [0.25, 0.3) is 0 Å². The SMILES string of the molecule is COc1cncc(-c2cc(-c3cc4c(-c5ccc(F)s5)cccc4[nH]3)[nH]n2)c1. The molecule has 0 saturated heterocycles. The Bertz CT molecular complexity index is 1290.